The molecular formula is C18H27N3O4S2. The van der Waals surface area contributed by atoms with Crippen molar-refractivity contribution in [2.75, 3.05) is 31.9 Å². The average Bonchev–Trinajstić information content (AvgIpc) is 2.66. The van der Waals surface area contributed by atoms with Crippen molar-refractivity contribution in [3.05, 3.63) is 18.3 Å². The molecule has 0 N–H and O–H groups in total. The first-order valence-electron chi connectivity index (χ1n) is 9.38. The summed E-state index contributed by atoms with van der Waals surface area (Å²) in [7, 11) is -3.47. The van der Waals surface area contributed by atoms with Gasteiger partial charge in [-0.15, -0.1) is 0 Å². The Hall–Kier alpha value is -1.16. The maximum Gasteiger partial charge on any atom is 0.244 e. The van der Waals surface area contributed by atoms with E-state index < -0.39 is 10.0 Å². The van der Waals surface area contributed by atoms with Gasteiger partial charge in [-0.2, -0.15) is 4.31 Å². The highest BCUT2D eigenvalue weighted by molar-refractivity contribution is 7.99. The second kappa shape index (κ2) is 8.89. The van der Waals surface area contributed by atoms with Crippen molar-refractivity contribution >= 4 is 27.7 Å². The van der Waals surface area contributed by atoms with Gasteiger partial charge in [-0.3, -0.25) is 4.79 Å². The first-order valence-corrected chi connectivity index (χ1v) is 11.8. The van der Waals surface area contributed by atoms with Crippen molar-refractivity contribution in [1.82, 2.24) is 14.2 Å². The van der Waals surface area contributed by atoms with Crippen LogP contribution in [0.25, 0.3) is 0 Å². The molecule has 0 bridgehead atoms. The number of ether oxygens (including phenoxy) is 1. The highest BCUT2D eigenvalue weighted by atomic mass is 32.2. The lowest BCUT2D eigenvalue weighted by Gasteiger charge is -2.35. The minimum atomic E-state index is -3.47. The fourth-order valence-electron chi connectivity index (χ4n) is 3.47. The third-order valence-electron chi connectivity index (χ3n) is 4.78. The van der Waals surface area contributed by atoms with Crippen LogP contribution in [-0.4, -0.2) is 72.7 Å². The zero-order valence-electron chi connectivity index (χ0n) is 15.8. The van der Waals surface area contributed by atoms with Crippen LogP contribution in [0.2, 0.25) is 0 Å². The number of carbonyl (C=O) groups excluding carboxylic acids is 1. The zero-order valence-corrected chi connectivity index (χ0v) is 17.5. The largest absolute Gasteiger partial charge is 0.372 e. The summed E-state index contributed by atoms with van der Waals surface area (Å²) in [6.07, 6.45) is 4.37. The summed E-state index contributed by atoms with van der Waals surface area (Å²) in [5.74, 6) is 0.332. The smallest absolute Gasteiger partial charge is 0.244 e. The maximum absolute atomic E-state index is 12.6. The Morgan fingerprint density at radius 1 is 1.19 bits per heavy atom. The van der Waals surface area contributed by atoms with Gasteiger partial charge in [0, 0.05) is 32.4 Å². The van der Waals surface area contributed by atoms with E-state index in [4.69, 9.17) is 4.74 Å². The normalized spacial score (nSPS) is 24.7. The Kier molecular flexibility index (Phi) is 6.78. The zero-order chi connectivity index (χ0) is 19.4. The van der Waals surface area contributed by atoms with Crippen LogP contribution in [0.5, 0.6) is 0 Å². The number of hydrogen-bond donors (Lipinski definition) is 0. The van der Waals surface area contributed by atoms with Gasteiger partial charge in [0.15, 0.2) is 0 Å². The quantitative estimate of drug-likeness (QED) is 0.687. The lowest BCUT2D eigenvalue weighted by atomic mass is 10.2. The number of pyridine rings is 1. The second-order valence-corrected chi connectivity index (χ2v) is 10.1. The summed E-state index contributed by atoms with van der Waals surface area (Å²) in [5.41, 5.74) is 0. The van der Waals surface area contributed by atoms with Crippen LogP contribution in [0, 0.1) is 0 Å². The second-order valence-electron chi connectivity index (χ2n) is 7.14. The van der Waals surface area contributed by atoms with Crippen molar-refractivity contribution in [3.63, 3.8) is 0 Å². The van der Waals surface area contributed by atoms with E-state index in [1.54, 1.807) is 12.1 Å². The SMILES string of the molecule is C[C@@H]1CN(C(=O)CSc2ccc(S(=O)(=O)N3CCCCC3)cn2)C[C@H](C)O1. The highest BCUT2D eigenvalue weighted by Crippen LogP contribution is 2.23. The molecule has 1 amide bonds. The third-order valence-corrected chi connectivity index (χ3v) is 7.59. The van der Waals surface area contributed by atoms with Gasteiger partial charge in [0.1, 0.15) is 4.90 Å². The molecule has 0 radical (unpaired) electrons. The van der Waals surface area contributed by atoms with Gasteiger partial charge >= 0.3 is 0 Å². The summed E-state index contributed by atoms with van der Waals surface area (Å²) in [6.45, 7) is 6.28. The number of sulfonamides is 1. The van der Waals surface area contributed by atoms with E-state index in [1.807, 2.05) is 18.7 Å². The molecule has 2 atom stereocenters. The Morgan fingerprint density at radius 3 is 2.44 bits per heavy atom. The lowest BCUT2D eigenvalue weighted by molar-refractivity contribution is -0.140. The first kappa shape index (κ1) is 20.6. The molecule has 150 valence electrons. The summed E-state index contributed by atoms with van der Waals surface area (Å²) in [4.78, 5) is 18.7. The van der Waals surface area contributed by atoms with E-state index in [2.05, 4.69) is 4.98 Å². The summed E-state index contributed by atoms with van der Waals surface area (Å²) >= 11 is 1.33. The van der Waals surface area contributed by atoms with E-state index >= 15 is 0 Å². The molecule has 2 aliphatic heterocycles. The van der Waals surface area contributed by atoms with Crippen LogP contribution >= 0.6 is 11.8 Å². The number of piperidine rings is 1. The molecule has 1 aromatic rings. The van der Waals surface area contributed by atoms with E-state index in [1.165, 1.54) is 22.3 Å². The van der Waals surface area contributed by atoms with Crippen LogP contribution in [-0.2, 0) is 19.6 Å². The fraction of sp³-hybridized carbons (Fsp3) is 0.667. The topological polar surface area (TPSA) is 79.8 Å². The van der Waals surface area contributed by atoms with Crippen LogP contribution in [0.1, 0.15) is 33.1 Å². The molecule has 0 aliphatic carbocycles. The van der Waals surface area contributed by atoms with E-state index in [0.717, 1.165) is 19.3 Å². The Labute approximate surface area is 165 Å². The molecule has 9 heteroatoms. The van der Waals surface area contributed by atoms with Crippen LogP contribution in [0.15, 0.2) is 28.3 Å². The van der Waals surface area contributed by atoms with E-state index in [9.17, 15) is 13.2 Å². The van der Waals surface area contributed by atoms with Crippen LogP contribution in [0.3, 0.4) is 0 Å². The molecule has 1 aromatic heterocycles. The predicted octanol–water partition coefficient (Wildman–Crippen LogP) is 1.98. The highest BCUT2D eigenvalue weighted by Gasteiger charge is 2.27. The van der Waals surface area contributed by atoms with E-state index in [-0.39, 0.29) is 28.8 Å². The Bertz CT molecular complexity index is 738. The number of thioether (sulfide) groups is 1. The molecule has 3 rings (SSSR count). The Morgan fingerprint density at radius 2 is 1.85 bits per heavy atom. The standard InChI is InChI=1S/C18H27N3O4S2/c1-14-11-20(12-15(2)25-14)18(22)13-26-17-7-6-16(10-19-17)27(23,24)21-8-4-3-5-9-21/h6-7,10,14-15H,3-5,8-9,11-13H2,1-2H3/t14-,15+. The van der Waals surface area contributed by atoms with Crippen molar-refractivity contribution in [3.8, 4) is 0 Å². The van der Waals surface area contributed by atoms with Gasteiger partial charge in [-0.25, -0.2) is 13.4 Å². The molecule has 7 nitrogen and oxygen atoms in total. The van der Waals surface area contributed by atoms with Gasteiger partial charge in [0.25, 0.3) is 0 Å². The monoisotopic (exact) mass is 413 g/mol. The van der Waals surface area contributed by atoms with Crippen molar-refractivity contribution < 1.29 is 17.9 Å². The number of rotatable bonds is 5. The third kappa shape index (κ3) is 5.22. The van der Waals surface area contributed by atoms with Crippen molar-refractivity contribution in [2.24, 2.45) is 0 Å². The molecule has 2 saturated heterocycles. The molecule has 0 unspecified atom stereocenters. The summed E-state index contributed by atoms with van der Waals surface area (Å²) < 4.78 is 32.5. The lowest BCUT2D eigenvalue weighted by Crippen LogP contribution is -2.48. The van der Waals surface area contributed by atoms with Crippen molar-refractivity contribution in [2.45, 2.75) is 55.2 Å². The molecule has 0 saturated carbocycles. The molecule has 27 heavy (non-hydrogen) atoms. The molecular weight excluding hydrogens is 386 g/mol. The number of amides is 1. The fourth-order valence-corrected chi connectivity index (χ4v) is 5.68. The predicted molar refractivity (Wildman–Crippen MR) is 104 cm³/mol. The molecule has 0 spiro atoms. The van der Waals surface area contributed by atoms with Gasteiger partial charge < -0.3 is 9.64 Å². The van der Waals surface area contributed by atoms with Crippen LogP contribution < -0.4 is 0 Å². The molecule has 2 aliphatic rings. The first-order chi connectivity index (χ1) is 12.9. The molecule has 2 fully saturated rings. The summed E-state index contributed by atoms with van der Waals surface area (Å²) in [6, 6.07) is 3.27. The molecule has 0 aromatic carbocycles. The van der Waals surface area contributed by atoms with Gasteiger partial charge in [-0.1, -0.05) is 18.2 Å². The minimum absolute atomic E-state index is 0.0418. The number of morpholine rings is 1. The number of aromatic nitrogens is 1. The van der Waals surface area contributed by atoms with Crippen molar-refractivity contribution in [1.29, 1.82) is 0 Å². The number of carbonyl (C=O) groups is 1. The molecule has 3 heterocycles. The minimum Gasteiger partial charge on any atom is -0.372 e. The number of nitrogens with zero attached hydrogens (tertiary/aromatic N) is 3. The summed E-state index contributed by atoms with van der Waals surface area (Å²) in [5, 5.41) is 0.648. The Balaban J connectivity index is 1.57. The number of hydrogen-bond acceptors (Lipinski definition) is 6. The van der Waals surface area contributed by atoms with E-state index in [0.29, 0.717) is 31.2 Å². The average molecular weight is 414 g/mol. The maximum atomic E-state index is 12.6. The van der Waals surface area contributed by atoms with Gasteiger partial charge in [0.05, 0.1) is 23.0 Å². The van der Waals surface area contributed by atoms with Gasteiger partial charge in [0.2, 0.25) is 15.9 Å². The van der Waals surface area contributed by atoms with Crippen LogP contribution in [0.4, 0.5) is 0 Å². The van der Waals surface area contributed by atoms with Gasteiger partial charge in [-0.05, 0) is 38.8 Å².